The molecule has 1 aromatic carbocycles. The number of thioether (sulfide) groups is 1. The van der Waals surface area contributed by atoms with Crippen LogP contribution >= 0.6 is 11.8 Å². The molecule has 0 bridgehead atoms. The zero-order valence-corrected chi connectivity index (χ0v) is 19.4. The third-order valence-electron chi connectivity index (χ3n) is 6.25. The quantitative estimate of drug-likeness (QED) is 0.635. The van der Waals surface area contributed by atoms with Crippen molar-refractivity contribution in [2.24, 2.45) is 0 Å². The number of hydrogen-bond acceptors (Lipinski definition) is 6. The van der Waals surface area contributed by atoms with Crippen LogP contribution in [-0.2, 0) is 9.59 Å². The maximum absolute atomic E-state index is 12.9. The predicted octanol–water partition coefficient (Wildman–Crippen LogP) is 3.87. The van der Waals surface area contributed by atoms with Crippen LogP contribution < -0.4 is 9.47 Å². The van der Waals surface area contributed by atoms with Gasteiger partial charge in [-0.05, 0) is 74.7 Å². The maximum atomic E-state index is 12.9. The van der Waals surface area contributed by atoms with E-state index in [9.17, 15) is 14.4 Å². The van der Waals surface area contributed by atoms with Crippen LogP contribution in [0.25, 0.3) is 11.8 Å². The Morgan fingerprint density at radius 1 is 1.06 bits per heavy atom. The van der Waals surface area contributed by atoms with Crippen molar-refractivity contribution in [1.82, 2.24) is 14.4 Å². The van der Waals surface area contributed by atoms with Crippen molar-refractivity contribution in [2.45, 2.75) is 33.1 Å². The molecule has 9 heteroatoms. The smallest absolute Gasteiger partial charge is 0.294 e. The average Bonchev–Trinajstić information content (AvgIpc) is 3.46. The minimum absolute atomic E-state index is 0.167. The highest BCUT2D eigenvalue weighted by Gasteiger charge is 2.37. The predicted molar refractivity (Wildman–Crippen MR) is 124 cm³/mol. The van der Waals surface area contributed by atoms with Crippen molar-refractivity contribution >= 4 is 34.9 Å². The molecule has 2 fully saturated rings. The first-order chi connectivity index (χ1) is 15.9. The van der Waals surface area contributed by atoms with Crippen molar-refractivity contribution in [3.8, 4) is 17.2 Å². The van der Waals surface area contributed by atoms with Gasteiger partial charge in [0.2, 0.25) is 12.7 Å². The van der Waals surface area contributed by atoms with E-state index >= 15 is 0 Å². The molecule has 33 heavy (non-hydrogen) atoms. The molecule has 8 nitrogen and oxygen atoms in total. The normalized spacial score (nSPS) is 19.2. The first-order valence-corrected chi connectivity index (χ1v) is 11.9. The molecule has 3 aliphatic rings. The van der Waals surface area contributed by atoms with Gasteiger partial charge in [-0.25, -0.2) is 0 Å². The Morgan fingerprint density at radius 3 is 2.61 bits per heavy atom. The fourth-order valence-corrected chi connectivity index (χ4v) is 5.34. The zero-order chi connectivity index (χ0) is 23.1. The number of aromatic nitrogens is 1. The van der Waals surface area contributed by atoms with E-state index in [-0.39, 0.29) is 19.2 Å². The van der Waals surface area contributed by atoms with Gasteiger partial charge in [0.1, 0.15) is 6.54 Å². The molecule has 2 saturated heterocycles. The molecule has 0 unspecified atom stereocenters. The Hall–Kier alpha value is -3.20. The summed E-state index contributed by atoms with van der Waals surface area (Å²) < 4.78 is 13.0. The third kappa shape index (κ3) is 4.01. The molecule has 0 N–H and O–H groups in total. The highest BCUT2D eigenvalue weighted by Crippen LogP contribution is 2.36. The van der Waals surface area contributed by atoms with Crippen LogP contribution in [0.5, 0.6) is 11.5 Å². The molecule has 3 aliphatic heterocycles. The summed E-state index contributed by atoms with van der Waals surface area (Å²) in [5.74, 6) is 0.831. The summed E-state index contributed by atoms with van der Waals surface area (Å²) in [6.45, 7) is 5.35. The molecule has 0 saturated carbocycles. The summed E-state index contributed by atoms with van der Waals surface area (Å²) in [4.78, 5) is 41.2. The SMILES string of the molecule is Cc1cc(C=C2SC(=O)N(CC(=O)N3CCCCC3)C2=O)c(C)n1-c1ccc2c(c1)OCO2. The Labute approximate surface area is 196 Å². The van der Waals surface area contributed by atoms with Crippen molar-refractivity contribution in [3.63, 3.8) is 0 Å². The fraction of sp³-hybridized carbons (Fsp3) is 0.375. The first kappa shape index (κ1) is 21.6. The van der Waals surface area contributed by atoms with Crippen LogP contribution in [-0.4, -0.2) is 57.8 Å². The van der Waals surface area contributed by atoms with Gasteiger partial charge in [0.25, 0.3) is 11.1 Å². The second-order valence-electron chi connectivity index (χ2n) is 8.41. The number of imide groups is 1. The number of benzene rings is 1. The highest BCUT2D eigenvalue weighted by molar-refractivity contribution is 8.18. The Kier molecular flexibility index (Phi) is 5.65. The second kappa shape index (κ2) is 8.62. The molecule has 172 valence electrons. The Morgan fingerprint density at radius 2 is 1.82 bits per heavy atom. The maximum Gasteiger partial charge on any atom is 0.294 e. The molecule has 1 aromatic heterocycles. The van der Waals surface area contributed by atoms with Crippen molar-refractivity contribution in [1.29, 1.82) is 0 Å². The number of piperidine rings is 1. The van der Waals surface area contributed by atoms with Gasteiger partial charge in [0, 0.05) is 36.2 Å². The van der Waals surface area contributed by atoms with E-state index in [1.807, 2.05) is 38.1 Å². The Balaban J connectivity index is 1.37. The van der Waals surface area contributed by atoms with Gasteiger partial charge in [0.15, 0.2) is 11.5 Å². The molecule has 0 atom stereocenters. The van der Waals surface area contributed by atoms with Crippen molar-refractivity contribution < 1.29 is 23.9 Å². The van der Waals surface area contributed by atoms with Crippen LogP contribution in [0.4, 0.5) is 4.79 Å². The van der Waals surface area contributed by atoms with Gasteiger partial charge in [-0.3, -0.25) is 19.3 Å². The zero-order valence-electron chi connectivity index (χ0n) is 18.6. The van der Waals surface area contributed by atoms with E-state index in [4.69, 9.17) is 9.47 Å². The first-order valence-electron chi connectivity index (χ1n) is 11.0. The molecule has 0 radical (unpaired) electrons. The lowest BCUT2D eigenvalue weighted by Crippen LogP contribution is -2.44. The second-order valence-corrected chi connectivity index (χ2v) is 9.40. The minimum Gasteiger partial charge on any atom is -0.454 e. The van der Waals surface area contributed by atoms with Crippen LogP contribution in [0.2, 0.25) is 0 Å². The molecule has 0 spiro atoms. The standard InChI is InChI=1S/C24H25N3O5S/c1-15-10-17(16(2)27(15)18-6-7-19-20(12-18)32-14-31-19)11-21-23(29)26(24(30)33-21)13-22(28)25-8-4-3-5-9-25/h6-7,10-12H,3-5,8-9,13-14H2,1-2H3. The molecular formula is C24H25N3O5S. The van der Waals surface area contributed by atoms with E-state index in [2.05, 4.69) is 4.57 Å². The lowest BCUT2D eigenvalue weighted by Gasteiger charge is -2.27. The van der Waals surface area contributed by atoms with E-state index in [1.54, 1.807) is 11.0 Å². The van der Waals surface area contributed by atoms with E-state index < -0.39 is 11.1 Å². The number of nitrogens with zero attached hydrogens (tertiary/aromatic N) is 3. The number of carbonyl (C=O) groups is 3. The largest absolute Gasteiger partial charge is 0.454 e. The molecule has 2 aromatic rings. The van der Waals surface area contributed by atoms with Crippen LogP contribution in [0.15, 0.2) is 29.2 Å². The number of carbonyl (C=O) groups excluding carboxylic acids is 3. The van der Waals surface area contributed by atoms with E-state index in [0.717, 1.165) is 58.6 Å². The Bertz CT molecular complexity index is 1180. The summed E-state index contributed by atoms with van der Waals surface area (Å²) in [5, 5.41) is -0.402. The summed E-state index contributed by atoms with van der Waals surface area (Å²) in [5.41, 5.74) is 3.69. The number of aryl methyl sites for hydroxylation is 1. The topological polar surface area (TPSA) is 81.1 Å². The number of fused-ring (bicyclic) bond motifs is 1. The van der Waals surface area contributed by atoms with Crippen LogP contribution in [0, 0.1) is 13.8 Å². The van der Waals surface area contributed by atoms with Gasteiger partial charge < -0.3 is 18.9 Å². The lowest BCUT2D eigenvalue weighted by molar-refractivity contribution is -0.136. The summed E-state index contributed by atoms with van der Waals surface area (Å²) in [7, 11) is 0. The van der Waals surface area contributed by atoms with Gasteiger partial charge in [0.05, 0.1) is 4.91 Å². The van der Waals surface area contributed by atoms with Gasteiger partial charge in [-0.2, -0.15) is 0 Å². The molecule has 4 heterocycles. The molecule has 5 rings (SSSR count). The molecule has 0 aliphatic carbocycles. The lowest BCUT2D eigenvalue weighted by atomic mass is 10.1. The minimum atomic E-state index is -0.414. The number of likely N-dealkylation sites (tertiary alicyclic amines) is 1. The van der Waals surface area contributed by atoms with Crippen LogP contribution in [0.3, 0.4) is 0 Å². The van der Waals surface area contributed by atoms with Crippen LogP contribution in [0.1, 0.15) is 36.2 Å². The third-order valence-corrected chi connectivity index (χ3v) is 7.15. The van der Waals surface area contributed by atoms with Crippen molar-refractivity contribution in [2.75, 3.05) is 26.4 Å². The summed E-state index contributed by atoms with van der Waals surface area (Å²) in [6, 6.07) is 7.73. The van der Waals surface area contributed by atoms with Gasteiger partial charge >= 0.3 is 0 Å². The highest BCUT2D eigenvalue weighted by atomic mass is 32.2. The average molecular weight is 468 g/mol. The van der Waals surface area contributed by atoms with Gasteiger partial charge in [-0.1, -0.05) is 0 Å². The monoisotopic (exact) mass is 467 g/mol. The number of ether oxygens (including phenoxy) is 2. The summed E-state index contributed by atoms with van der Waals surface area (Å²) >= 11 is 0.883. The number of rotatable bonds is 4. The summed E-state index contributed by atoms with van der Waals surface area (Å²) in [6.07, 6.45) is 4.78. The fourth-order valence-electron chi connectivity index (χ4n) is 4.51. The number of hydrogen-bond donors (Lipinski definition) is 0. The van der Waals surface area contributed by atoms with Gasteiger partial charge in [-0.15, -0.1) is 0 Å². The molecular weight excluding hydrogens is 442 g/mol. The number of amides is 3. The van der Waals surface area contributed by atoms with E-state index in [1.165, 1.54) is 0 Å². The molecule has 3 amide bonds. The van der Waals surface area contributed by atoms with Crippen molar-refractivity contribution in [3.05, 3.63) is 46.1 Å². The van der Waals surface area contributed by atoms with E-state index in [0.29, 0.717) is 29.5 Å².